The number of aromatic nitrogens is 1. The highest BCUT2D eigenvalue weighted by atomic mass is 16.5. The summed E-state index contributed by atoms with van der Waals surface area (Å²) in [6.07, 6.45) is 8.51. The van der Waals surface area contributed by atoms with Gasteiger partial charge in [0.15, 0.2) is 11.5 Å². The highest BCUT2D eigenvalue weighted by Crippen LogP contribution is 2.25. The highest BCUT2D eigenvalue weighted by molar-refractivity contribution is 5.94. The number of hydrogen-bond acceptors (Lipinski definition) is 6. The molecule has 0 aromatic carbocycles. The number of carbonyl (C=O) groups excluding carboxylic acids is 2. The van der Waals surface area contributed by atoms with Crippen LogP contribution in [0.15, 0.2) is 41.1 Å². The van der Waals surface area contributed by atoms with Crippen LogP contribution >= 0.6 is 0 Å². The summed E-state index contributed by atoms with van der Waals surface area (Å²) in [6.45, 7) is 4.20. The van der Waals surface area contributed by atoms with Crippen LogP contribution in [0.4, 0.5) is 0 Å². The van der Waals surface area contributed by atoms with Gasteiger partial charge in [0.05, 0.1) is 12.7 Å². The molecule has 1 N–H and O–H groups in total. The number of rotatable bonds is 5. The minimum atomic E-state index is -1.17. The average Bonchev–Trinajstić information content (AvgIpc) is 3.26. The number of furan rings is 1. The van der Waals surface area contributed by atoms with E-state index in [1.165, 1.54) is 11.3 Å². The van der Waals surface area contributed by atoms with Crippen LogP contribution < -0.4 is 0 Å². The van der Waals surface area contributed by atoms with E-state index < -0.39 is 5.60 Å². The maximum absolute atomic E-state index is 13.3. The molecule has 2 aromatic heterocycles. The summed E-state index contributed by atoms with van der Waals surface area (Å²) in [7, 11) is 0. The van der Waals surface area contributed by atoms with Crippen LogP contribution in [0.3, 0.4) is 0 Å². The Kier molecular flexibility index (Phi) is 7.89. The third kappa shape index (κ3) is 6.93. The first-order valence-corrected chi connectivity index (χ1v) is 12.2. The lowest BCUT2D eigenvalue weighted by molar-refractivity contribution is -0.134. The molecule has 8 nitrogen and oxygen atoms in total. The monoisotopic (exact) mass is 479 g/mol. The minimum absolute atomic E-state index is 0.0204. The van der Waals surface area contributed by atoms with Gasteiger partial charge in [-0.25, -0.2) is 0 Å². The van der Waals surface area contributed by atoms with E-state index in [-0.39, 0.29) is 48.6 Å². The predicted molar refractivity (Wildman–Crippen MR) is 129 cm³/mol. The van der Waals surface area contributed by atoms with Gasteiger partial charge in [0, 0.05) is 31.5 Å². The second-order valence-electron chi connectivity index (χ2n) is 9.79. The molecule has 35 heavy (non-hydrogen) atoms. The van der Waals surface area contributed by atoms with Crippen molar-refractivity contribution in [3.63, 3.8) is 0 Å². The van der Waals surface area contributed by atoms with Crippen molar-refractivity contribution in [2.75, 3.05) is 19.6 Å². The van der Waals surface area contributed by atoms with Gasteiger partial charge in [-0.2, -0.15) is 0 Å². The van der Waals surface area contributed by atoms with Gasteiger partial charge < -0.3 is 24.1 Å². The first-order valence-electron chi connectivity index (χ1n) is 12.2. The van der Waals surface area contributed by atoms with E-state index in [1.807, 2.05) is 17.0 Å². The second kappa shape index (κ2) is 11.1. The van der Waals surface area contributed by atoms with E-state index in [4.69, 9.17) is 9.15 Å². The van der Waals surface area contributed by atoms with Crippen molar-refractivity contribution >= 4 is 11.8 Å². The van der Waals surface area contributed by atoms with E-state index in [0.29, 0.717) is 13.2 Å². The molecule has 2 fully saturated rings. The molecule has 0 radical (unpaired) electrons. The number of amides is 2. The highest BCUT2D eigenvalue weighted by Gasteiger charge is 2.35. The third-order valence-corrected chi connectivity index (χ3v) is 6.29. The number of ether oxygens (including phenoxy) is 1. The summed E-state index contributed by atoms with van der Waals surface area (Å²) in [6, 6.07) is 7.13. The SMILES string of the molecule is CC(C)(O)C#Cc1ccc(C(=O)N2CC(=O)N(C3CCCCC3)C[C@H](OCc3cccnc3)C2)o1. The summed E-state index contributed by atoms with van der Waals surface area (Å²) in [4.78, 5) is 34.2. The molecule has 1 aliphatic heterocycles. The number of carbonyl (C=O) groups is 2. The van der Waals surface area contributed by atoms with Gasteiger partial charge in [0.2, 0.25) is 5.91 Å². The molecular formula is C27H33N3O5. The van der Waals surface area contributed by atoms with Gasteiger partial charge in [-0.05, 0) is 56.4 Å². The summed E-state index contributed by atoms with van der Waals surface area (Å²) in [5, 5.41) is 9.80. The van der Waals surface area contributed by atoms with Gasteiger partial charge in [0.25, 0.3) is 5.91 Å². The topological polar surface area (TPSA) is 96.1 Å². The van der Waals surface area contributed by atoms with E-state index in [9.17, 15) is 14.7 Å². The molecule has 2 amide bonds. The molecule has 0 unspecified atom stereocenters. The molecule has 186 valence electrons. The van der Waals surface area contributed by atoms with Crippen LogP contribution in [0.25, 0.3) is 0 Å². The number of aliphatic hydroxyl groups is 1. The lowest BCUT2D eigenvalue weighted by atomic mass is 9.94. The van der Waals surface area contributed by atoms with Crippen LogP contribution in [0, 0.1) is 11.8 Å². The zero-order valence-electron chi connectivity index (χ0n) is 20.4. The van der Waals surface area contributed by atoms with Gasteiger partial charge >= 0.3 is 0 Å². The Hall–Kier alpha value is -3.15. The fourth-order valence-electron chi connectivity index (χ4n) is 4.54. The van der Waals surface area contributed by atoms with Crippen molar-refractivity contribution in [2.24, 2.45) is 0 Å². The second-order valence-corrected chi connectivity index (χ2v) is 9.79. The standard InChI is InChI=1S/C27H33N3O5/c1-27(2,33)13-12-22-10-11-24(35-22)26(32)29-16-23(34-19-20-7-6-14-28-15-20)17-30(25(31)18-29)21-8-4-3-5-9-21/h6-7,10-11,14-15,21,23,33H,3-5,8-9,16-19H2,1-2H3/t23-/m1/s1. The Bertz CT molecular complexity index is 1070. The van der Waals surface area contributed by atoms with Crippen LogP contribution in [-0.4, -0.2) is 69.1 Å². The molecule has 0 spiro atoms. The Morgan fingerprint density at radius 3 is 2.74 bits per heavy atom. The van der Waals surface area contributed by atoms with Crippen molar-refractivity contribution in [3.05, 3.63) is 53.7 Å². The lowest BCUT2D eigenvalue weighted by Crippen LogP contribution is -2.46. The van der Waals surface area contributed by atoms with Gasteiger partial charge in [0.1, 0.15) is 12.1 Å². The van der Waals surface area contributed by atoms with Crippen LogP contribution in [0.5, 0.6) is 0 Å². The number of pyridine rings is 1. The molecule has 1 atom stereocenters. The summed E-state index contributed by atoms with van der Waals surface area (Å²) >= 11 is 0. The van der Waals surface area contributed by atoms with Gasteiger partial charge in [-0.15, -0.1) is 0 Å². The zero-order chi connectivity index (χ0) is 24.8. The van der Waals surface area contributed by atoms with Crippen LogP contribution in [-0.2, 0) is 16.1 Å². The molecule has 0 bridgehead atoms. The van der Waals surface area contributed by atoms with Gasteiger partial charge in [-0.3, -0.25) is 14.6 Å². The Morgan fingerprint density at radius 1 is 1.23 bits per heavy atom. The van der Waals surface area contributed by atoms with E-state index >= 15 is 0 Å². The Morgan fingerprint density at radius 2 is 2.03 bits per heavy atom. The first kappa shape index (κ1) is 25.0. The third-order valence-electron chi connectivity index (χ3n) is 6.29. The molecule has 2 aromatic rings. The Balaban J connectivity index is 1.51. The maximum atomic E-state index is 13.3. The first-order chi connectivity index (χ1) is 16.8. The molecule has 3 heterocycles. The largest absolute Gasteiger partial charge is 0.443 e. The normalized spacial score (nSPS) is 19.7. The average molecular weight is 480 g/mol. The fraction of sp³-hybridized carbons (Fsp3) is 0.519. The molecule has 1 saturated heterocycles. The Labute approximate surface area is 206 Å². The van der Waals surface area contributed by atoms with Crippen molar-refractivity contribution in [3.8, 4) is 11.8 Å². The maximum Gasteiger partial charge on any atom is 0.290 e. The van der Waals surface area contributed by atoms with E-state index in [0.717, 1.165) is 31.2 Å². The minimum Gasteiger partial charge on any atom is -0.443 e. The summed E-state index contributed by atoms with van der Waals surface area (Å²) in [5.41, 5.74) is -0.235. The molecule has 1 aliphatic carbocycles. The van der Waals surface area contributed by atoms with E-state index in [1.54, 1.807) is 38.4 Å². The number of nitrogens with zero attached hydrogens (tertiary/aromatic N) is 3. The molecule has 8 heteroatoms. The molecular weight excluding hydrogens is 446 g/mol. The lowest BCUT2D eigenvalue weighted by Gasteiger charge is -2.34. The molecule has 4 rings (SSSR count). The smallest absolute Gasteiger partial charge is 0.290 e. The molecule has 2 aliphatic rings. The zero-order valence-corrected chi connectivity index (χ0v) is 20.4. The summed E-state index contributed by atoms with van der Waals surface area (Å²) < 4.78 is 11.8. The van der Waals surface area contributed by atoms with Crippen molar-refractivity contribution < 1.29 is 23.8 Å². The van der Waals surface area contributed by atoms with Crippen molar-refractivity contribution in [1.29, 1.82) is 0 Å². The quantitative estimate of drug-likeness (QED) is 0.663. The predicted octanol–water partition coefficient (Wildman–Crippen LogP) is 3.00. The molecule has 1 saturated carbocycles. The fourth-order valence-corrected chi connectivity index (χ4v) is 4.54. The van der Waals surface area contributed by atoms with Gasteiger partial charge in [-0.1, -0.05) is 31.2 Å². The number of hydrogen-bond donors (Lipinski definition) is 1. The summed E-state index contributed by atoms with van der Waals surface area (Å²) in [5.74, 6) is 5.35. The van der Waals surface area contributed by atoms with Crippen molar-refractivity contribution in [2.45, 2.75) is 70.3 Å². The van der Waals surface area contributed by atoms with Crippen LogP contribution in [0.2, 0.25) is 0 Å². The van der Waals surface area contributed by atoms with Crippen molar-refractivity contribution in [1.82, 2.24) is 14.8 Å². The van der Waals surface area contributed by atoms with Crippen LogP contribution in [0.1, 0.15) is 67.8 Å². The van der Waals surface area contributed by atoms with E-state index in [2.05, 4.69) is 16.8 Å².